The van der Waals surface area contributed by atoms with Crippen LogP contribution in [0.3, 0.4) is 0 Å². The zero-order valence-electron chi connectivity index (χ0n) is 7.23. The average Bonchev–Trinajstić information content (AvgIpc) is 2.56. The van der Waals surface area contributed by atoms with Crippen LogP contribution in [0.25, 0.3) is 0 Å². The lowest BCUT2D eigenvalue weighted by atomic mass is 10.7. The number of nitrogens with one attached hydrogen (secondary N) is 1. The predicted octanol–water partition coefficient (Wildman–Crippen LogP) is 1.66. The summed E-state index contributed by atoms with van der Waals surface area (Å²) in [6, 6.07) is 0. The monoisotopic (exact) mass is 319 g/mol. The van der Waals surface area contributed by atoms with Crippen molar-refractivity contribution in [2.45, 2.75) is 17.2 Å². The van der Waals surface area contributed by atoms with Crippen molar-refractivity contribution in [3.05, 3.63) is 21.8 Å². The highest BCUT2D eigenvalue weighted by molar-refractivity contribution is 14.1. The third-order valence-corrected chi connectivity index (χ3v) is 2.67. The number of aromatic nitrogens is 5. The van der Waals surface area contributed by atoms with Crippen LogP contribution in [0.1, 0.15) is 5.82 Å². The largest absolute Gasteiger partial charge is 0.262 e. The van der Waals surface area contributed by atoms with Crippen LogP contribution in [0.5, 0.6) is 0 Å². The maximum absolute atomic E-state index is 4.14. The minimum absolute atomic E-state index is 0.642. The van der Waals surface area contributed by atoms with E-state index in [2.05, 4.69) is 47.7 Å². The third-order valence-electron chi connectivity index (χ3n) is 1.36. The van der Waals surface area contributed by atoms with Crippen LogP contribution in [-0.4, -0.2) is 25.1 Å². The molecule has 0 radical (unpaired) electrons. The minimum Gasteiger partial charge on any atom is -0.262 e. The highest BCUT2D eigenvalue weighted by Crippen LogP contribution is 2.19. The Hall–Kier alpha value is -0.700. The van der Waals surface area contributed by atoms with Gasteiger partial charge in [-0.05, 0) is 41.3 Å². The Morgan fingerprint density at radius 3 is 2.57 bits per heavy atom. The zero-order chi connectivity index (χ0) is 9.97. The van der Waals surface area contributed by atoms with Gasteiger partial charge in [-0.2, -0.15) is 0 Å². The first-order chi connectivity index (χ1) is 6.74. The summed E-state index contributed by atoms with van der Waals surface area (Å²) in [5.41, 5.74) is 0. The first-order valence-corrected chi connectivity index (χ1v) is 5.68. The summed E-state index contributed by atoms with van der Waals surface area (Å²) in [4.78, 5) is 12.4. The Morgan fingerprint density at radius 2 is 2.00 bits per heavy atom. The predicted molar refractivity (Wildman–Crippen MR) is 60.0 cm³/mol. The highest BCUT2D eigenvalue weighted by Gasteiger charge is 2.04. The molecule has 0 unspecified atom stereocenters. The fraction of sp³-hybridized carbons (Fsp3) is 0.143. The van der Waals surface area contributed by atoms with Crippen molar-refractivity contribution in [3.63, 3.8) is 0 Å². The van der Waals surface area contributed by atoms with Gasteiger partial charge in [0.25, 0.3) is 0 Å². The quantitative estimate of drug-likeness (QED) is 0.673. The van der Waals surface area contributed by atoms with E-state index in [4.69, 9.17) is 0 Å². The van der Waals surface area contributed by atoms with Crippen LogP contribution >= 0.6 is 34.4 Å². The van der Waals surface area contributed by atoms with Crippen LogP contribution in [0.15, 0.2) is 22.7 Å². The van der Waals surface area contributed by atoms with Gasteiger partial charge in [-0.3, -0.25) is 5.10 Å². The first kappa shape index (κ1) is 9.84. The number of rotatable bonds is 2. The van der Waals surface area contributed by atoms with E-state index in [9.17, 15) is 0 Å². The highest BCUT2D eigenvalue weighted by atomic mass is 127. The number of H-pyrrole nitrogens is 1. The van der Waals surface area contributed by atoms with E-state index in [1.807, 2.05) is 6.92 Å². The van der Waals surface area contributed by atoms with Crippen LogP contribution < -0.4 is 0 Å². The standard InChI is InChI=1S/C7H6IN5S/c1-4-11-7(13-12-4)14-6-9-2-5(8)3-10-6/h2-3H,1H3,(H,11,12,13). The Balaban J connectivity index is 2.15. The molecule has 0 amide bonds. The zero-order valence-corrected chi connectivity index (χ0v) is 10.2. The van der Waals surface area contributed by atoms with Crippen molar-refractivity contribution in [1.29, 1.82) is 0 Å². The van der Waals surface area contributed by atoms with E-state index < -0.39 is 0 Å². The summed E-state index contributed by atoms with van der Waals surface area (Å²) >= 11 is 3.50. The maximum Gasteiger partial charge on any atom is 0.216 e. The van der Waals surface area contributed by atoms with Crippen LogP contribution in [0, 0.1) is 10.5 Å². The molecule has 0 atom stereocenters. The molecule has 2 heterocycles. The van der Waals surface area contributed by atoms with Crippen LogP contribution in [0.4, 0.5) is 0 Å². The molecule has 0 aliphatic rings. The minimum atomic E-state index is 0.642. The van der Waals surface area contributed by atoms with E-state index in [1.165, 1.54) is 11.8 Å². The van der Waals surface area contributed by atoms with Crippen molar-refractivity contribution in [1.82, 2.24) is 25.1 Å². The number of hydrogen-bond donors (Lipinski definition) is 1. The number of nitrogens with zero attached hydrogens (tertiary/aromatic N) is 4. The van der Waals surface area contributed by atoms with Gasteiger partial charge in [-0.1, -0.05) is 0 Å². The smallest absolute Gasteiger partial charge is 0.216 e. The van der Waals surface area contributed by atoms with Crippen molar-refractivity contribution in [2.75, 3.05) is 0 Å². The summed E-state index contributed by atoms with van der Waals surface area (Å²) in [5, 5.41) is 8.04. The molecule has 7 heteroatoms. The van der Waals surface area contributed by atoms with E-state index in [0.29, 0.717) is 10.3 Å². The molecule has 0 aromatic carbocycles. The Labute approximate surface area is 98.3 Å². The summed E-state index contributed by atoms with van der Waals surface area (Å²) in [6.07, 6.45) is 3.52. The molecule has 2 rings (SSSR count). The van der Waals surface area contributed by atoms with Gasteiger partial charge in [0.05, 0.1) is 0 Å². The van der Waals surface area contributed by atoms with E-state index >= 15 is 0 Å². The molecule has 72 valence electrons. The third kappa shape index (κ3) is 2.41. The second-order valence-corrected chi connectivity index (χ2v) is 4.67. The Kier molecular flexibility index (Phi) is 2.96. The SMILES string of the molecule is Cc1nc(Sc2ncc(I)cn2)n[nH]1. The lowest BCUT2D eigenvalue weighted by Gasteiger charge is -1.93. The average molecular weight is 319 g/mol. The van der Waals surface area contributed by atoms with Gasteiger partial charge in [-0.25, -0.2) is 15.0 Å². The lowest BCUT2D eigenvalue weighted by Crippen LogP contribution is -1.87. The van der Waals surface area contributed by atoms with Crippen LogP contribution in [-0.2, 0) is 0 Å². The molecule has 0 saturated carbocycles. The van der Waals surface area contributed by atoms with Crippen molar-refractivity contribution < 1.29 is 0 Å². The summed E-state index contributed by atoms with van der Waals surface area (Å²) < 4.78 is 1.01. The van der Waals surface area contributed by atoms with Gasteiger partial charge in [-0.15, -0.1) is 5.10 Å². The number of hydrogen-bond acceptors (Lipinski definition) is 5. The van der Waals surface area contributed by atoms with Gasteiger partial charge in [0.2, 0.25) is 5.16 Å². The first-order valence-electron chi connectivity index (χ1n) is 3.78. The van der Waals surface area contributed by atoms with E-state index in [0.717, 1.165) is 9.39 Å². The van der Waals surface area contributed by atoms with Gasteiger partial charge < -0.3 is 0 Å². The molecule has 2 aromatic heterocycles. The van der Waals surface area contributed by atoms with E-state index in [-0.39, 0.29) is 0 Å². The molecule has 14 heavy (non-hydrogen) atoms. The van der Waals surface area contributed by atoms with Gasteiger partial charge in [0.1, 0.15) is 5.82 Å². The molecule has 0 spiro atoms. The fourth-order valence-corrected chi connectivity index (χ4v) is 1.73. The molecular weight excluding hydrogens is 313 g/mol. The number of aryl methyl sites for hydroxylation is 1. The fourth-order valence-electron chi connectivity index (χ4n) is 0.803. The summed E-state index contributed by atoms with van der Waals surface area (Å²) in [6.45, 7) is 1.85. The van der Waals surface area contributed by atoms with E-state index in [1.54, 1.807) is 12.4 Å². The molecule has 1 N–H and O–H groups in total. The van der Waals surface area contributed by atoms with Crippen molar-refractivity contribution in [3.8, 4) is 0 Å². The molecule has 0 fully saturated rings. The number of aromatic amines is 1. The topological polar surface area (TPSA) is 67.3 Å². The molecule has 0 bridgehead atoms. The summed E-state index contributed by atoms with van der Waals surface area (Å²) in [5.74, 6) is 0.790. The molecule has 0 saturated heterocycles. The second-order valence-electron chi connectivity index (χ2n) is 2.49. The molecule has 5 nitrogen and oxygen atoms in total. The molecule has 0 aliphatic carbocycles. The van der Waals surface area contributed by atoms with Gasteiger partial charge in [0, 0.05) is 16.0 Å². The van der Waals surface area contributed by atoms with Crippen molar-refractivity contribution >= 4 is 34.4 Å². The summed E-state index contributed by atoms with van der Waals surface area (Å²) in [7, 11) is 0. The Bertz CT molecular complexity index is 426. The van der Waals surface area contributed by atoms with Gasteiger partial charge in [0.15, 0.2) is 5.16 Å². The maximum atomic E-state index is 4.14. The Morgan fingerprint density at radius 1 is 1.29 bits per heavy atom. The normalized spacial score (nSPS) is 10.4. The lowest BCUT2D eigenvalue weighted by molar-refractivity contribution is 0.927. The van der Waals surface area contributed by atoms with Crippen molar-refractivity contribution in [2.24, 2.45) is 0 Å². The molecule has 0 aliphatic heterocycles. The second kappa shape index (κ2) is 4.22. The molecular formula is C7H6IN5S. The molecule has 2 aromatic rings. The number of halogens is 1. The van der Waals surface area contributed by atoms with Crippen LogP contribution in [0.2, 0.25) is 0 Å². The van der Waals surface area contributed by atoms with Gasteiger partial charge >= 0.3 is 0 Å².